The number of amides is 1. The van der Waals surface area contributed by atoms with Gasteiger partial charge in [0.1, 0.15) is 22.2 Å². The molecule has 0 bridgehead atoms. The number of nitrogens with one attached hydrogen (secondary N) is 1. The number of furan rings is 1. The molecule has 1 N–H and O–H groups in total. The summed E-state index contributed by atoms with van der Waals surface area (Å²) in [6.45, 7) is 1.79. The highest BCUT2D eigenvalue weighted by Gasteiger charge is 2.22. The average molecular weight is 554 g/mol. The van der Waals surface area contributed by atoms with E-state index >= 15 is 0 Å². The van der Waals surface area contributed by atoms with Crippen LogP contribution in [0, 0.1) is 17.0 Å². The van der Waals surface area contributed by atoms with E-state index in [1.54, 1.807) is 71.4 Å². The Morgan fingerprint density at radius 3 is 2.83 bits per heavy atom. The molecular weight excluding hydrogens is 530 g/mol. The number of rotatable bonds is 6. The number of fused-ring (bicyclic) bond motifs is 3. The molecule has 0 saturated heterocycles. The second-order valence-electron chi connectivity index (χ2n) is 9.45. The van der Waals surface area contributed by atoms with Gasteiger partial charge in [-0.3, -0.25) is 24.3 Å². The van der Waals surface area contributed by atoms with Gasteiger partial charge in [-0.15, -0.1) is 11.3 Å². The van der Waals surface area contributed by atoms with Crippen molar-refractivity contribution >= 4 is 39.4 Å². The standard InChI is InChI=1S/C29H23N5O5S/c1-17-31-28-26(23-10-2-3-11-25(23)40-28)29(36)33(17)20-8-5-7-19(15-20)27(35)32-30-16-22-12-13-24(39-22)18-6-4-9-21(14-18)34(37)38/h4-9,12-16H,2-3,10-11H2,1H3,(H,32,35)/b30-16+. The zero-order valence-electron chi connectivity index (χ0n) is 21.4. The molecule has 0 aliphatic heterocycles. The third kappa shape index (κ3) is 4.71. The van der Waals surface area contributed by atoms with Gasteiger partial charge in [-0.25, -0.2) is 10.4 Å². The number of aromatic nitrogens is 2. The van der Waals surface area contributed by atoms with E-state index in [4.69, 9.17) is 9.40 Å². The number of benzene rings is 2. The van der Waals surface area contributed by atoms with Crippen LogP contribution in [0.2, 0.25) is 0 Å². The first-order valence-corrected chi connectivity index (χ1v) is 13.5. The van der Waals surface area contributed by atoms with Crippen molar-refractivity contribution in [2.24, 2.45) is 5.10 Å². The Morgan fingerprint density at radius 2 is 1.98 bits per heavy atom. The molecule has 0 radical (unpaired) electrons. The van der Waals surface area contributed by atoms with E-state index in [0.29, 0.717) is 39.5 Å². The third-order valence-electron chi connectivity index (χ3n) is 6.85. The average Bonchev–Trinajstić information content (AvgIpc) is 3.58. The molecular formula is C29H23N5O5S. The van der Waals surface area contributed by atoms with Gasteiger partial charge < -0.3 is 4.42 Å². The van der Waals surface area contributed by atoms with Gasteiger partial charge in [0.2, 0.25) is 0 Å². The van der Waals surface area contributed by atoms with Crippen LogP contribution in [0.25, 0.3) is 27.2 Å². The predicted octanol–water partition coefficient (Wildman–Crippen LogP) is 5.57. The summed E-state index contributed by atoms with van der Waals surface area (Å²) >= 11 is 1.61. The smallest absolute Gasteiger partial charge is 0.271 e. The Kier molecular flexibility index (Phi) is 6.56. The molecule has 2 aromatic carbocycles. The summed E-state index contributed by atoms with van der Waals surface area (Å²) < 4.78 is 7.25. The number of nitro benzene ring substituents is 1. The molecule has 0 atom stereocenters. The molecule has 0 saturated carbocycles. The third-order valence-corrected chi connectivity index (χ3v) is 8.04. The molecule has 40 heavy (non-hydrogen) atoms. The highest BCUT2D eigenvalue weighted by atomic mass is 32.1. The summed E-state index contributed by atoms with van der Waals surface area (Å²) in [6.07, 6.45) is 5.41. The fraction of sp³-hybridized carbons (Fsp3) is 0.172. The molecule has 10 nitrogen and oxygen atoms in total. The summed E-state index contributed by atoms with van der Waals surface area (Å²) in [5.41, 5.74) is 4.87. The maximum absolute atomic E-state index is 13.6. The molecule has 6 rings (SSSR count). The van der Waals surface area contributed by atoms with Crippen molar-refractivity contribution < 1.29 is 14.1 Å². The fourth-order valence-electron chi connectivity index (χ4n) is 4.97. The lowest BCUT2D eigenvalue weighted by atomic mass is 9.97. The number of hydrogen-bond donors (Lipinski definition) is 1. The number of nitrogens with zero attached hydrogens (tertiary/aromatic N) is 4. The van der Waals surface area contributed by atoms with Gasteiger partial charge in [-0.05, 0) is 68.5 Å². The zero-order chi connectivity index (χ0) is 27.8. The molecule has 0 unspecified atom stereocenters. The number of hydrogen-bond acceptors (Lipinski definition) is 8. The molecule has 1 aliphatic rings. The van der Waals surface area contributed by atoms with Gasteiger partial charge in [0.15, 0.2) is 0 Å². The van der Waals surface area contributed by atoms with E-state index < -0.39 is 10.8 Å². The molecule has 0 spiro atoms. The molecule has 3 aromatic heterocycles. The Morgan fingerprint density at radius 1 is 1.15 bits per heavy atom. The quantitative estimate of drug-likeness (QED) is 0.166. The van der Waals surface area contributed by atoms with E-state index in [-0.39, 0.29) is 11.2 Å². The Balaban J connectivity index is 1.21. The van der Waals surface area contributed by atoms with Crippen LogP contribution in [-0.4, -0.2) is 26.6 Å². The molecule has 3 heterocycles. The molecule has 200 valence electrons. The molecule has 5 aromatic rings. The Labute approximate surface area is 231 Å². The summed E-state index contributed by atoms with van der Waals surface area (Å²) in [4.78, 5) is 43.8. The van der Waals surface area contributed by atoms with Gasteiger partial charge in [0.05, 0.1) is 22.2 Å². The maximum atomic E-state index is 13.6. The highest BCUT2D eigenvalue weighted by molar-refractivity contribution is 7.18. The summed E-state index contributed by atoms with van der Waals surface area (Å²) in [5, 5.41) is 15.7. The monoisotopic (exact) mass is 553 g/mol. The van der Waals surface area contributed by atoms with Crippen LogP contribution in [0.3, 0.4) is 0 Å². The van der Waals surface area contributed by atoms with Crippen LogP contribution in [-0.2, 0) is 12.8 Å². The van der Waals surface area contributed by atoms with E-state index in [2.05, 4.69) is 10.5 Å². The minimum Gasteiger partial charge on any atom is -0.455 e. The van der Waals surface area contributed by atoms with Crippen LogP contribution < -0.4 is 11.0 Å². The second kappa shape index (κ2) is 10.3. The molecule has 11 heteroatoms. The van der Waals surface area contributed by atoms with Crippen molar-refractivity contribution in [2.75, 3.05) is 0 Å². The van der Waals surface area contributed by atoms with Gasteiger partial charge >= 0.3 is 0 Å². The lowest BCUT2D eigenvalue weighted by Crippen LogP contribution is -2.23. The summed E-state index contributed by atoms with van der Waals surface area (Å²) in [6, 6.07) is 16.2. The lowest BCUT2D eigenvalue weighted by molar-refractivity contribution is -0.384. The number of aryl methyl sites for hydroxylation is 3. The molecule has 0 fully saturated rings. The van der Waals surface area contributed by atoms with Crippen LogP contribution >= 0.6 is 11.3 Å². The zero-order valence-corrected chi connectivity index (χ0v) is 22.2. The fourth-order valence-corrected chi connectivity index (χ4v) is 6.26. The van der Waals surface area contributed by atoms with Crippen LogP contribution in [0.4, 0.5) is 5.69 Å². The summed E-state index contributed by atoms with van der Waals surface area (Å²) in [7, 11) is 0. The van der Waals surface area contributed by atoms with Crippen LogP contribution in [0.5, 0.6) is 0 Å². The summed E-state index contributed by atoms with van der Waals surface area (Å²) in [5.74, 6) is 0.888. The SMILES string of the molecule is Cc1nc2sc3c(c2c(=O)n1-c1cccc(C(=O)N/N=C/c2ccc(-c4cccc([N+](=O)[O-])c4)o2)c1)CCCC3. The van der Waals surface area contributed by atoms with Crippen molar-refractivity contribution in [3.8, 4) is 17.0 Å². The van der Waals surface area contributed by atoms with Crippen molar-refractivity contribution in [1.82, 2.24) is 15.0 Å². The number of nitro groups is 1. The number of carbonyl (C=O) groups is 1. The maximum Gasteiger partial charge on any atom is 0.271 e. The first kappa shape index (κ1) is 25.4. The van der Waals surface area contributed by atoms with Gasteiger partial charge in [-0.1, -0.05) is 18.2 Å². The minimum atomic E-state index is -0.471. The lowest BCUT2D eigenvalue weighted by Gasteiger charge is -2.12. The van der Waals surface area contributed by atoms with E-state index in [1.807, 2.05) is 0 Å². The second-order valence-corrected chi connectivity index (χ2v) is 10.5. The predicted molar refractivity (Wildman–Crippen MR) is 152 cm³/mol. The van der Waals surface area contributed by atoms with Crippen molar-refractivity contribution in [2.45, 2.75) is 32.6 Å². The first-order valence-electron chi connectivity index (χ1n) is 12.7. The van der Waals surface area contributed by atoms with E-state index in [9.17, 15) is 19.7 Å². The molecule has 1 amide bonds. The van der Waals surface area contributed by atoms with Gasteiger partial charge in [-0.2, -0.15) is 5.10 Å². The topological polar surface area (TPSA) is 133 Å². The van der Waals surface area contributed by atoms with Crippen LogP contribution in [0.1, 0.15) is 45.2 Å². The largest absolute Gasteiger partial charge is 0.455 e. The number of thiophene rings is 1. The highest BCUT2D eigenvalue weighted by Crippen LogP contribution is 2.34. The molecule has 1 aliphatic carbocycles. The van der Waals surface area contributed by atoms with Crippen LogP contribution in [0.15, 0.2) is 75.0 Å². The van der Waals surface area contributed by atoms with Crippen molar-refractivity contribution in [3.63, 3.8) is 0 Å². The van der Waals surface area contributed by atoms with Crippen molar-refractivity contribution in [1.29, 1.82) is 0 Å². The van der Waals surface area contributed by atoms with Gasteiger partial charge in [0, 0.05) is 28.1 Å². The normalized spacial score (nSPS) is 13.0. The number of carbonyl (C=O) groups excluding carboxylic acids is 1. The van der Waals surface area contributed by atoms with Gasteiger partial charge in [0.25, 0.3) is 17.2 Å². The van der Waals surface area contributed by atoms with E-state index in [1.165, 1.54) is 23.2 Å². The van der Waals surface area contributed by atoms with E-state index in [0.717, 1.165) is 36.1 Å². The van der Waals surface area contributed by atoms with Crippen molar-refractivity contribution in [3.05, 3.63) is 109 Å². The number of non-ortho nitro benzene ring substituents is 1. The first-order chi connectivity index (χ1) is 19.4. The minimum absolute atomic E-state index is 0.0403. The Hall–Kier alpha value is -4.90. The Bertz CT molecular complexity index is 1880. The number of hydrazone groups is 1.